The Balaban J connectivity index is 1.45. The molecule has 1 aromatic carbocycles. The van der Waals surface area contributed by atoms with E-state index in [1.54, 1.807) is 17.9 Å². The molecule has 0 radical (unpaired) electrons. The number of aromatic nitrogens is 7. The van der Waals surface area contributed by atoms with E-state index in [9.17, 15) is 0 Å². The van der Waals surface area contributed by atoms with Gasteiger partial charge in [0, 0.05) is 6.92 Å². The van der Waals surface area contributed by atoms with Crippen LogP contribution in [0.5, 0.6) is 0 Å². The minimum absolute atomic E-state index is 0.359. The highest BCUT2D eigenvalue weighted by molar-refractivity contribution is 5.28. The van der Waals surface area contributed by atoms with E-state index in [0.29, 0.717) is 36.3 Å². The van der Waals surface area contributed by atoms with Crippen LogP contribution in [0.15, 0.2) is 45.6 Å². The molecule has 0 aliphatic heterocycles. The van der Waals surface area contributed by atoms with Gasteiger partial charge in [0.15, 0.2) is 11.6 Å². The second-order valence-electron chi connectivity index (χ2n) is 5.15. The van der Waals surface area contributed by atoms with Crippen LogP contribution in [-0.4, -0.2) is 35.3 Å². The fraction of sp³-hybridized carbons (Fsp3) is 0.200. The Morgan fingerprint density at radius 2 is 1.75 bits per heavy atom. The van der Waals surface area contributed by atoms with Crippen LogP contribution in [0.2, 0.25) is 0 Å². The highest BCUT2D eigenvalue weighted by Crippen LogP contribution is 2.09. The van der Waals surface area contributed by atoms with Gasteiger partial charge in [-0.2, -0.15) is 25.0 Å². The quantitative estimate of drug-likeness (QED) is 0.544. The van der Waals surface area contributed by atoms with Crippen LogP contribution < -0.4 is 0 Å². The largest absolute Gasteiger partial charge is 0.340 e. The second kappa shape index (κ2) is 6.03. The summed E-state index contributed by atoms with van der Waals surface area (Å²) >= 11 is 0. The lowest BCUT2D eigenvalue weighted by Gasteiger charge is -1.96. The lowest BCUT2D eigenvalue weighted by Crippen LogP contribution is -1.99. The average molecular weight is 323 g/mol. The van der Waals surface area contributed by atoms with E-state index < -0.39 is 0 Å². The maximum atomic E-state index is 5.24. The first-order chi connectivity index (χ1) is 11.8. The average Bonchev–Trinajstić information content (AvgIpc) is 3.32. The summed E-state index contributed by atoms with van der Waals surface area (Å²) in [6.45, 7) is 1.73. The van der Waals surface area contributed by atoms with Crippen LogP contribution in [0.3, 0.4) is 0 Å². The lowest BCUT2D eigenvalue weighted by atomic mass is 10.3. The third-order valence-corrected chi connectivity index (χ3v) is 3.25. The maximum absolute atomic E-state index is 5.24. The second-order valence-corrected chi connectivity index (χ2v) is 5.15. The summed E-state index contributed by atoms with van der Waals surface area (Å²) in [5.41, 5.74) is 1.63. The molecule has 0 atom stereocenters. The minimum atomic E-state index is 0.359. The van der Waals surface area contributed by atoms with E-state index >= 15 is 0 Å². The zero-order valence-corrected chi connectivity index (χ0v) is 12.8. The van der Waals surface area contributed by atoms with Gasteiger partial charge in [0.05, 0.1) is 30.4 Å². The standard InChI is InChI=1S/C15H13N7O2/c1-10-17-13(20-23-10)8-14-18-15(24-21-14)7-11-9-16-22(19-11)12-5-3-2-4-6-12/h2-6,9H,7-8H2,1H3. The minimum Gasteiger partial charge on any atom is -0.340 e. The van der Waals surface area contributed by atoms with E-state index in [1.165, 1.54) is 0 Å². The van der Waals surface area contributed by atoms with Crippen molar-refractivity contribution in [2.24, 2.45) is 0 Å². The lowest BCUT2D eigenvalue weighted by molar-refractivity contribution is 0.376. The molecule has 24 heavy (non-hydrogen) atoms. The normalized spacial score (nSPS) is 11.0. The molecule has 3 heterocycles. The predicted octanol–water partition coefficient (Wildman–Crippen LogP) is 1.52. The van der Waals surface area contributed by atoms with Crippen molar-refractivity contribution in [1.82, 2.24) is 35.3 Å². The topological polar surface area (TPSA) is 109 Å². The molecule has 4 rings (SSSR count). The maximum Gasteiger partial charge on any atom is 0.232 e. The van der Waals surface area contributed by atoms with Crippen molar-refractivity contribution in [1.29, 1.82) is 0 Å². The predicted molar refractivity (Wildman–Crippen MR) is 80.3 cm³/mol. The summed E-state index contributed by atoms with van der Waals surface area (Å²) < 4.78 is 10.2. The summed E-state index contributed by atoms with van der Waals surface area (Å²) in [7, 11) is 0. The van der Waals surface area contributed by atoms with Crippen LogP contribution in [0.4, 0.5) is 0 Å². The molecule has 4 aromatic rings. The highest BCUT2D eigenvalue weighted by Gasteiger charge is 2.13. The molecular formula is C15H13N7O2. The smallest absolute Gasteiger partial charge is 0.232 e. The Hall–Kier alpha value is -3.36. The van der Waals surface area contributed by atoms with Gasteiger partial charge in [0.1, 0.15) is 0 Å². The third kappa shape index (κ3) is 3.05. The van der Waals surface area contributed by atoms with E-state index in [0.717, 1.165) is 11.4 Å². The van der Waals surface area contributed by atoms with E-state index in [-0.39, 0.29) is 0 Å². The summed E-state index contributed by atoms with van der Waals surface area (Å²) in [5.74, 6) is 1.99. The van der Waals surface area contributed by atoms with Crippen molar-refractivity contribution in [2.45, 2.75) is 19.8 Å². The number of aryl methyl sites for hydroxylation is 1. The van der Waals surface area contributed by atoms with E-state index in [1.807, 2.05) is 30.3 Å². The summed E-state index contributed by atoms with van der Waals surface area (Å²) in [6, 6.07) is 9.67. The Labute approximate surface area is 136 Å². The molecule has 0 unspecified atom stereocenters. The highest BCUT2D eigenvalue weighted by atomic mass is 16.5. The van der Waals surface area contributed by atoms with Crippen LogP contribution in [0.25, 0.3) is 5.69 Å². The van der Waals surface area contributed by atoms with Crippen molar-refractivity contribution in [3.05, 3.63) is 65.7 Å². The van der Waals surface area contributed by atoms with Gasteiger partial charge in [0.2, 0.25) is 11.8 Å². The SMILES string of the molecule is Cc1nc(Cc2noc(Cc3cnn(-c4ccccc4)n3)n2)no1. The first-order valence-electron chi connectivity index (χ1n) is 7.33. The fourth-order valence-electron chi connectivity index (χ4n) is 2.20. The fourth-order valence-corrected chi connectivity index (χ4v) is 2.20. The Morgan fingerprint density at radius 1 is 0.958 bits per heavy atom. The van der Waals surface area contributed by atoms with Gasteiger partial charge < -0.3 is 9.05 Å². The first-order valence-corrected chi connectivity index (χ1v) is 7.33. The van der Waals surface area contributed by atoms with Crippen LogP contribution in [0.1, 0.15) is 29.1 Å². The van der Waals surface area contributed by atoms with Crippen molar-refractivity contribution in [3.63, 3.8) is 0 Å². The van der Waals surface area contributed by atoms with Gasteiger partial charge in [-0.3, -0.25) is 0 Å². The van der Waals surface area contributed by atoms with Gasteiger partial charge >= 0.3 is 0 Å². The Kier molecular flexibility index (Phi) is 3.58. The molecule has 0 fully saturated rings. The van der Waals surface area contributed by atoms with Gasteiger partial charge in [-0.25, -0.2) is 0 Å². The number of para-hydroxylation sites is 1. The van der Waals surface area contributed by atoms with Gasteiger partial charge in [-0.15, -0.1) is 0 Å². The van der Waals surface area contributed by atoms with Crippen LogP contribution in [-0.2, 0) is 12.8 Å². The zero-order chi connectivity index (χ0) is 16.4. The Bertz CT molecular complexity index is 942. The summed E-state index contributed by atoms with van der Waals surface area (Å²) in [5, 5.41) is 16.4. The number of nitrogens with zero attached hydrogens (tertiary/aromatic N) is 7. The van der Waals surface area contributed by atoms with E-state index in [2.05, 4.69) is 30.5 Å². The molecule has 9 nitrogen and oxygen atoms in total. The van der Waals surface area contributed by atoms with Gasteiger partial charge in [-0.1, -0.05) is 28.5 Å². The number of hydrogen-bond acceptors (Lipinski definition) is 8. The number of rotatable bonds is 5. The third-order valence-electron chi connectivity index (χ3n) is 3.25. The molecule has 0 saturated heterocycles. The zero-order valence-electron chi connectivity index (χ0n) is 12.8. The van der Waals surface area contributed by atoms with Crippen LogP contribution in [0, 0.1) is 6.92 Å². The van der Waals surface area contributed by atoms with Crippen molar-refractivity contribution in [2.75, 3.05) is 0 Å². The molecule has 0 spiro atoms. The summed E-state index contributed by atoms with van der Waals surface area (Å²) in [6.07, 6.45) is 2.45. The van der Waals surface area contributed by atoms with Gasteiger partial charge in [0.25, 0.3) is 0 Å². The van der Waals surface area contributed by atoms with Gasteiger partial charge in [-0.05, 0) is 12.1 Å². The van der Waals surface area contributed by atoms with Crippen molar-refractivity contribution in [3.8, 4) is 5.69 Å². The summed E-state index contributed by atoms with van der Waals surface area (Å²) in [4.78, 5) is 9.99. The molecule has 0 saturated carbocycles. The molecule has 3 aromatic heterocycles. The molecule has 0 N–H and O–H groups in total. The first kappa shape index (κ1) is 14.2. The molecule has 0 amide bonds. The molecular weight excluding hydrogens is 310 g/mol. The Morgan fingerprint density at radius 3 is 2.54 bits per heavy atom. The van der Waals surface area contributed by atoms with Crippen molar-refractivity contribution < 1.29 is 9.05 Å². The molecule has 0 aliphatic rings. The van der Waals surface area contributed by atoms with Crippen molar-refractivity contribution >= 4 is 0 Å². The molecule has 120 valence electrons. The molecule has 0 aliphatic carbocycles. The number of benzene rings is 1. The van der Waals surface area contributed by atoms with Crippen LogP contribution >= 0.6 is 0 Å². The number of hydrogen-bond donors (Lipinski definition) is 0. The molecule has 9 heteroatoms. The van der Waals surface area contributed by atoms with E-state index in [4.69, 9.17) is 9.05 Å². The molecule has 0 bridgehead atoms. The monoisotopic (exact) mass is 323 g/mol.